The highest BCUT2D eigenvalue weighted by molar-refractivity contribution is 6.30. The Balaban J connectivity index is 2.03. The van der Waals surface area contributed by atoms with Gasteiger partial charge in [-0.15, -0.1) is 0 Å². The van der Waals surface area contributed by atoms with Gasteiger partial charge in [0.1, 0.15) is 0 Å². The van der Waals surface area contributed by atoms with Crippen LogP contribution in [0.4, 0.5) is 0 Å². The minimum Gasteiger partial charge on any atom is -0.346 e. The smallest absolute Gasteiger partial charge is 0.247 e. The Kier molecular flexibility index (Phi) is 4.04. The van der Waals surface area contributed by atoms with Gasteiger partial charge in [-0.2, -0.15) is 0 Å². The van der Waals surface area contributed by atoms with Crippen molar-refractivity contribution in [3.8, 4) is 0 Å². The van der Waals surface area contributed by atoms with Gasteiger partial charge in [0.25, 0.3) is 0 Å². The molecule has 0 spiro atoms. The van der Waals surface area contributed by atoms with Gasteiger partial charge in [-0.05, 0) is 37.1 Å². The van der Waals surface area contributed by atoms with E-state index in [1.165, 1.54) is 5.57 Å². The number of rotatable bonds is 3. The van der Waals surface area contributed by atoms with Crippen molar-refractivity contribution >= 4 is 17.5 Å². The van der Waals surface area contributed by atoms with Gasteiger partial charge in [0.2, 0.25) is 5.91 Å². The summed E-state index contributed by atoms with van der Waals surface area (Å²) in [5.74, 6) is -0.000949. The molecule has 2 N–H and O–H groups in total. The third kappa shape index (κ3) is 2.92. The molecule has 1 fully saturated rings. The van der Waals surface area contributed by atoms with E-state index in [1.54, 1.807) is 0 Å². The largest absolute Gasteiger partial charge is 0.346 e. The van der Waals surface area contributed by atoms with Crippen molar-refractivity contribution in [3.63, 3.8) is 0 Å². The van der Waals surface area contributed by atoms with E-state index in [4.69, 9.17) is 11.6 Å². The zero-order valence-electron chi connectivity index (χ0n) is 10.6. The Hall–Kier alpha value is -1.32. The second-order valence-electron chi connectivity index (χ2n) is 4.58. The minimum atomic E-state index is -0.0419. The third-order valence-corrected chi connectivity index (χ3v) is 3.48. The Morgan fingerprint density at radius 3 is 2.72 bits per heavy atom. The van der Waals surface area contributed by atoms with Gasteiger partial charge in [0.05, 0.1) is 6.04 Å². The number of carbonyl (C=O) groups is 1. The first-order valence-corrected chi connectivity index (χ1v) is 6.41. The van der Waals surface area contributed by atoms with Gasteiger partial charge in [-0.1, -0.05) is 23.7 Å². The SMILES string of the molecule is CC(C(=O)NC(C)c1cccc(Cl)c1)=C1CNC1. The molecule has 2 rings (SSSR count). The van der Waals surface area contributed by atoms with Crippen LogP contribution in [0.15, 0.2) is 35.4 Å². The summed E-state index contributed by atoms with van der Waals surface area (Å²) in [6, 6.07) is 7.51. The standard InChI is InChI=1S/C14H17ClN2O/c1-9(12-7-16-8-12)14(18)17-10(2)11-4-3-5-13(15)6-11/h3-6,10,16H,7-8H2,1-2H3,(H,17,18). The first-order chi connectivity index (χ1) is 8.58. The molecular weight excluding hydrogens is 248 g/mol. The molecule has 4 heteroatoms. The Morgan fingerprint density at radius 1 is 1.44 bits per heavy atom. The van der Waals surface area contributed by atoms with Gasteiger partial charge in [0.15, 0.2) is 0 Å². The summed E-state index contributed by atoms with van der Waals surface area (Å²) in [6.07, 6.45) is 0. The first kappa shape index (κ1) is 13.1. The summed E-state index contributed by atoms with van der Waals surface area (Å²) < 4.78 is 0. The molecule has 0 aliphatic carbocycles. The monoisotopic (exact) mass is 264 g/mol. The van der Waals surface area contributed by atoms with Crippen LogP contribution < -0.4 is 10.6 Å². The quantitative estimate of drug-likeness (QED) is 0.824. The van der Waals surface area contributed by atoms with Crippen LogP contribution in [-0.2, 0) is 4.79 Å². The van der Waals surface area contributed by atoms with Gasteiger partial charge >= 0.3 is 0 Å². The number of halogens is 1. The van der Waals surface area contributed by atoms with Crippen molar-refractivity contribution in [2.45, 2.75) is 19.9 Å². The zero-order chi connectivity index (χ0) is 13.1. The average Bonchev–Trinajstić information content (AvgIpc) is 2.26. The van der Waals surface area contributed by atoms with E-state index >= 15 is 0 Å². The van der Waals surface area contributed by atoms with Gasteiger partial charge in [0, 0.05) is 23.7 Å². The van der Waals surface area contributed by atoms with Crippen LogP contribution in [0, 0.1) is 0 Å². The highest BCUT2D eigenvalue weighted by atomic mass is 35.5. The number of carbonyl (C=O) groups excluding carboxylic acids is 1. The fourth-order valence-corrected chi connectivity index (χ4v) is 2.04. The van der Waals surface area contributed by atoms with Gasteiger partial charge in [-0.3, -0.25) is 4.79 Å². The van der Waals surface area contributed by atoms with Crippen molar-refractivity contribution in [1.29, 1.82) is 0 Å². The van der Waals surface area contributed by atoms with Crippen LogP contribution in [0.1, 0.15) is 25.5 Å². The summed E-state index contributed by atoms with van der Waals surface area (Å²) in [5, 5.41) is 6.81. The molecule has 0 radical (unpaired) electrons. The maximum atomic E-state index is 12.0. The fraction of sp³-hybridized carbons (Fsp3) is 0.357. The van der Waals surface area contributed by atoms with Crippen molar-refractivity contribution in [2.75, 3.05) is 13.1 Å². The molecule has 0 bridgehead atoms. The minimum absolute atomic E-state index is 0.000949. The van der Waals surface area contributed by atoms with Crippen LogP contribution >= 0.6 is 11.6 Å². The Morgan fingerprint density at radius 2 is 2.17 bits per heavy atom. The molecule has 18 heavy (non-hydrogen) atoms. The second kappa shape index (κ2) is 5.55. The van der Waals surface area contributed by atoms with E-state index < -0.39 is 0 Å². The van der Waals surface area contributed by atoms with Crippen molar-refractivity contribution in [2.24, 2.45) is 0 Å². The van der Waals surface area contributed by atoms with Gasteiger partial charge in [-0.25, -0.2) is 0 Å². The predicted octanol–water partition coefficient (Wildman–Crippen LogP) is 2.44. The van der Waals surface area contributed by atoms with Crippen molar-refractivity contribution in [1.82, 2.24) is 10.6 Å². The second-order valence-corrected chi connectivity index (χ2v) is 5.02. The van der Waals surface area contributed by atoms with Crippen LogP contribution in [0.25, 0.3) is 0 Å². The summed E-state index contributed by atoms with van der Waals surface area (Å²) in [6.45, 7) is 5.48. The highest BCUT2D eigenvalue weighted by Gasteiger charge is 2.17. The Labute approximate surface area is 112 Å². The lowest BCUT2D eigenvalue weighted by Crippen LogP contribution is -2.38. The molecule has 1 amide bonds. The van der Waals surface area contributed by atoms with Crippen LogP contribution in [-0.4, -0.2) is 19.0 Å². The normalized spacial score (nSPS) is 15.8. The molecule has 3 nitrogen and oxygen atoms in total. The molecule has 1 aromatic carbocycles. The third-order valence-electron chi connectivity index (χ3n) is 3.24. The topological polar surface area (TPSA) is 41.1 Å². The number of benzene rings is 1. The lowest BCUT2D eigenvalue weighted by molar-refractivity contribution is -0.118. The van der Waals surface area contributed by atoms with Crippen LogP contribution in [0.5, 0.6) is 0 Å². The molecule has 1 atom stereocenters. The molecule has 1 aliphatic rings. The highest BCUT2D eigenvalue weighted by Crippen LogP contribution is 2.18. The molecule has 0 aromatic heterocycles. The molecule has 1 unspecified atom stereocenters. The summed E-state index contributed by atoms with van der Waals surface area (Å²) in [5.41, 5.74) is 3.02. The molecule has 1 aliphatic heterocycles. The predicted molar refractivity (Wildman–Crippen MR) is 73.6 cm³/mol. The maximum absolute atomic E-state index is 12.0. The molecule has 1 aromatic rings. The molecular formula is C14H17ClN2O. The zero-order valence-corrected chi connectivity index (χ0v) is 11.3. The summed E-state index contributed by atoms with van der Waals surface area (Å²) >= 11 is 5.94. The van der Waals surface area contributed by atoms with Crippen molar-refractivity contribution in [3.05, 3.63) is 46.0 Å². The van der Waals surface area contributed by atoms with E-state index in [0.29, 0.717) is 5.02 Å². The number of hydrogen-bond acceptors (Lipinski definition) is 2. The van der Waals surface area contributed by atoms with E-state index in [0.717, 1.165) is 24.2 Å². The molecule has 1 saturated heterocycles. The first-order valence-electron chi connectivity index (χ1n) is 6.03. The van der Waals surface area contributed by atoms with E-state index in [2.05, 4.69) is 10.6 Å². The van der Waals surface area contributed by atoms with Crippen molar-refractivity contribution < 1.29 is 4.79 Å². The molecule has 96 valence electrons. The number of hydrogen-bond donors (Lipinski definition) is 2. The summed E-state index contributed by atoms with van der Waals surface area (Å²) in [4.78, 5) is 12.0. The van der Waals surface area contributed by atoms with Crippen LogP contribution in [0.2, 0.25) is 5.02 Å². The number of amides is 1. The van der Waals surface area contributed by atoms with Crippen LogP contribution in [0.3, 0.4) is 0 Å². The van der Waals surface area contributed by atoms with E-state index in [-0.39, 0.29) is 11.9 Å². The van der Waals surface area contributed by atoms with Gasteiger partial charge < -0.3 is 10.6 Å². The number of nitrogens with one attached hydrogen (secondary N) is 2. The van der Waals surface area contributed by atoms with E-state index in [1.807, 2.05) is 38.1 Å². The summed E-state index contributed by atoms with van der Waals surface area (Å²) in [7, 11) is 0. The molecule has 0 saturated carbocycles. The average molecular weight is 265 g/mol. The van der Waals surface area contributed by atoms with E-state index in [9.17, 15) is 4.79 Å². The fourth-order valence-electron chi connectivity index (χ4n) is 1.84. The maximum Gasteiger partial charge on any atom is 0.247 e. The Bertz CT molecular complexity index is 490. The molecule has 1 heterocycles. The lowest BCUT2D eigenvalue weighted by atomic mass is 10.0. The lowest BCUT2D eigenvalue weighted by Gasteiger charge is -2.22.